The maximum absolute atomic E-state index is 13.3. The van der Waals surface area contributed by atoms with E-state index in [0.717, 1.165) is 32.9 Å². The van der Waals surface area contributed by atoms with Crippen LogP contribution in [-0.2, 0) is 11.0 Å². The quantitative estimate of drug-likeness (QED) is 0.578. The molecule has 0 fully saturated rings. The summed E-state index contributed by atoms with van der Waals surface area (Å²) in [4.78, 5) is 5.54. The van der Waals surface area contributed by atoms with Gasteiger partial charge in [-0.05, 0) is 12.3 Å². The molecule has 0 aliphatic carbocycles. The van der Waals surface area contributed by atoms with Crippen LogP contribution < -0.4 is 21.6 Å². The molecule has 2 aromatic heterocycles. The van der Waals surface area contributed by atoms with Crippen molar-refractivity contribution in [1.82, 2.24) is 4.98 Å². The van der Waals surface area contributed by atoms with E-state index < -0.39 is 7.14 Å². The molecule has 23 heavy (non-hydrogen) atoms. The lowest BCUT2D eigenvalue weighted by Crippen LogP contribution is -2.02. The van der Waals surface area contributed by atoms with E-state index in [1.807, 2.05) is 30.3 Å². The molecule has 4 rings (SSSR count). The lowest BCUT2D eigenvalue weighted by molar-refractivity contribution is 0.573. The van der Waals surface area contributed by atoms with Crippen molar-refractivity contribution in [3.63, 3.8) is 0 Å². The molecule has 0 spiro atoms. The number of nitrogen functional groups attached to an aromatic ring is 1. The number of furan rings is 1. The first kappa shape index (κ1) is 14.7. The third-order valence-corrected chi connectivity index (χ3v) is 7.78. The molecular formula is C17H17N2O2PS. The number of nitrogens with two attached hydrogens (primary N) is 1. The van der Waals surface area contributed by atoms with Gasteiger partial charge in [-0.15, -0.1) is 11.3 Å². The Bertz CT molecular complexity index is 927. The fraction of sp³-hybridized carbons (Fsp3) is 0.235. The second kappa shape index (κ2) is 5.08. The molecule has 4 nitrogen and oxygen atoms in total. The van der Waals surface area contributed by atoms with E-state index in [2.05, 4.69) is 18.8 Å². The van der Waals surface area contributed by atoms with Gasteiger partial charge in [-0.1, -0.05) is 44.2 Å². The van der Waals surface area contributed by atoms with E-state index in [4.69, 9.17) is 10.2 Å². The number of thiazole rings is 1. The smallest absolute Gasteiger partial charge is 0.180 e. The van der Waals surface area contributed by atoms with Gasteiger partial charge >= 0.3 is 0 Å². The van der Waals surface area contributed by atoms with Gasteiger partial charge in [0.15, 0.2) is 18.0 Å². The van der Waals surface area contributed by atoms with Crippen LogP contribution in [0.15, 0.2) is 41.0 Å². The Hall–Kier alpha value is -1.84. The highest BCUT2D eigenvalue weighted by molar-refractivity contribution is 7.95. The van der Waals surface area contributed by atoms with E-state index in [-0.39, 0.29) is 0 Å². The number of hydrogen-bond acceptors (Lipinski definition) is 5. The first-order valence-corrected chi connectivity index (χ1v) is 10.1. The summed E-state index contributed by atoms with van der Waals surface area (Å²) in [5, 5.41) is 3.02. The van der Waals surface area contributed by atoms with E-state index in [9.17, 15) is 4.57 Å². The van der Waals surface area contributed by atoms with Crippen molar-refractivity contribution >= 4 is 39.5 Å². The third-order valence-electron chi connectivity index (χ3n) is 3.99. The molecule has 1 unspecified atom stereocenters. The normalized spacial score (nSPS) is 19.1. The zero-order chi connectivity index (χ0) is 16.2. The van der Waals surface area contributed by atoms with E-state index >= 15 is 0 Å². The molecule has 0 saturated heterocycles. The average Bonchev–Trinajstić information content (AvgIpc) is 2.85. The van der Waals surface area contributed by atoms with Gasteiger partial charge in [-0.3, -0.25) is 0 Å². The van der Waals surface area contributed by atoms with Crippen molar-refractivity contribution in [2.24, 2.45) is 5.92 Å². The van der Waals surface area contributed by atoms with Crippen molar-refractivity contribution in [3.8, 4) is 11.5 Å². The molecule has 118 valence electrons. The predicted molar refractivity (Wildman–Crippen MR) is 95.7 cm³/mol. The highest BCUT2D eigenvalue weighted by atomic mass is 32.1. The van der Waals surface area contributed by atoms with Crippen LogP contribution in [-0.4, -0.2) is 4.98 Å². The van der Waals surface area contributed by atoms with Crippen LogP contribution in [0.4, 0.5) is 5.13 Å². The van der Waals surface area contributed by atoms with Crippen LogP contribution in [0.5, 0.6) is 0 Å². The zero-order valence-electron chi connectivity index (χ0n) is 12.9. The van der Waals surface area contributed by atoms with Crippen LogP contribution in [0.2, 0.25) is 0 Å². The number of benzene rings is 1. The minimum absolute atomic E-state index is 0.494. The minimum Gasteiger partial charge on any atom is -0.461 e. The molecular weight excluding hydrogens is 327 g/mol. The highest BCUT2D eigenvalue weighted by Crippen LogP contribution is 2.57. The second-order valence-electron chi connectivity index (χ2n) is 6.17. The topological polar surface area (TPSA) is 69.1 Å². The number of anilines is 1. The van der Waals surface area contributed by atoms with E-state index in [1.165, 1.54) is 11.3 Å². The molecule has 0 saturated carbocycles. The molecule has 1 aliphatic heterocycles. The third kappa shape index (κ3) is 2.19. The van der Waals surface area contributed by atoms with Crippen molar-refractivity contribution in [1.29, 1.82) is 0 Å². The number of rotatable bonds is 4. The summed E-state index contributed by atoms with van der Waals surface area (Å²) < 4.78 is 19.0. The lowest BCUT2D eigenvalue weighted by Gasteiger charge is -2.05. The number of nitrogens with zero attached hydrogens (tertiary/aromatic N) is 1. The van der Waals surface area contributed by atoms with Gasteiger partial charge in [0.1, 0.15) is 12.0 Å². The fourth-order valence-electron chi connectivity index (χ4n) is 2.94. The summed E-state index contributed by atoms with van der Waals surface area (Å²) in [7, 11) is -2.61. The van der Waals surface area contributed by atoms with Gasteiger partial charge in [0.25, 0.3) is 0 Å². The molecule has 0 radical (unpaired) electrons. The summed E-state index contributed by atoms with van der Waals surface area (Å²) in [6, 6.07) is 9.58. The van der Waals surface area contributed by atoms with Crippen molar-refractivity contribution in [2.45, 2.75) is 20.3 Å². The number of fused-ring (bicyclic) bond motifs is 1. The van der Waals surface area contributed by atoms with Crippen LogP contribution >= 0.6 is 18.5 Å². The fourth-order valence-corrected chi connectivity index (χ4v) is 6.67. The summed E-state index contributed by atoms with van der Waals surface area (Å²) in [6.45, 7) is 4.31. The Kier molecular flexibility index (Phi) is 3.26. The lowest BCUT2D eigenvalue weighted by atomic mass is 10.1. The molecule has 1 aromatic carbocycles. The number of aromatic nitrogens is 1. The largest absolute Gasteiger partial charge is 0.461 e. The molecule has 0 amide bonds. The molecule has 2 N–H and O–H groups in total. The summed E-state index contributed by atoms with van der Waals surface area (Å²) in [5.41, 5.74) is 6.66. The van der Waals surface area contributed by atoms with Crippen molar-refractivity contribution in [3.05, 3.63) is 41.5 Å². The van der Waals surface area contributed by atoms with E-state index in [0.29, 0.717) is 16.8 Å². The maximum Gasteiger partial charge on any atom is 0.180 e. The first-order chi connectivity index (χ1) is 11.0. The van der Waals surface area contributed by atoms with Crippen LogP contribution in [0.1, 0.15) is 18.7 Å². The number of hydrogen-bond donors (Lipinski definition) is 1. The molecule has 0 bridgehead atoms. The van der Waals surface area contributed by atoms with Gasteiger partial charge in [-0.2, -0.15) is 0 Å². The van der Waals surface area contributed by atoms with Gasteiger partial charge in [-0.25, -0.2) is 4.98 Å². The predicted octanol–water partition coefficient (Wildman–Crippen LogP) is 3.14. The Balaban J connectivity index is 1.79. The summed E-state index contributed by atoms with van der Waals surface area (Å²) in [5.74, 6) is 1.13. The Morgan fingerprint density at radius 1 is 1.30 bits per heavy atom. The Morgan fingerprint density at radius 3 is 2.74 bits per heavy atom. The Morgan fingerprint density at radius 2 is 2.04 bits per heavy atom. The zero-order valence-corrected chi connectivity index (χ0v) is 14.7. The van der Waals surface area contributed by atoms with Gasteiger partial charge in [0.05, 0.1) is 10.6 Å². The van der Waals surface area contributed by atoms with Crippen LogP contribution in [0.25, 0.3) is 11.5 Å². The van der Waals surface area contributed by atoms with Gasteiger partial charge < -0.3 is 14.7 Å². The second-order valence-corrected chi connectivity index (χ2v) is 9.94. The first-order valence-electron chi connectivity index (χ1n) is 7.55. The molecule has 6 heteroatoms. The molecule has 3 aromatic rings. The summed E-state index contributed by atoms with van der Waals surface area (Å²) >= 11 is 1.49. The van der Waals surface area contributed by atoms with Gasteiger partial charge in [0.2, 0.25) is 0 Å². The molecule has 1 atom stereocenters. The monoisotopic (exact) mass is 344 g/mol. The van der Waals surface area contributed by atoms with Crippen LogP contribution in [0.3, 0.4) is 0 Å². The Labute approximate surface area is 138 Å². The van der Waals surface area contributed by atoms with E-state index in [1.54, 1.807) is 6.26 Å². The molecule has 3 heterocycles. The highest BCUT2D eigenvalue weighted by Gasteiger charge is 2.53. The van der Waals surface area contributed by atoms with Gasteiger partial charge in [0, 0.05) is 10.2 Å². The summed E-state index contributed by atoms with van der Waals surface area (Å²) in [6.07, 6.45) is 2.50. The average molecular weight is 344 g/mol. The van der Waals surface area contributed by atoms with Crippen LogP contribution in [0, 0.1) is 5.92 Å². The standard InChI is InChI=1S/C17H17N2O2PS/c1-10(2)8-13-14(19-17(18)23-13)15-16-12(9-21-15)22(16,20)11-6-4-3-5-7-11/h3-7,9-10H,8H2,1-2H3,(H2,18,19). The minimum atomic E-state index is -2.61. The molecule has 1 aliphatic rings. The van der Waals surface area contributed by atoms with Crippen molar-refractivity contribution < 1.29 is 8.98 Å². The SMILES string of the molecule is CC(C)Cc1sc(N)nc1-c1occ2c1P2(=O)c1ccccc1. The maximum atomic E-state index is 13.3. The van der Waals surface area contributed by atoms with Crippen molar-refractivity contribution in [2.75, 3.05) is 5.73 Å².